The van der Waals surface area contributed by atoms with Gasteiger partial charge in [0, 0.05) is 0 Å². The number of aliphatic carboxylic acids is 2. The van der Waals surface area contributed by atoms with Gasteiger partial charge in [-0.15, -0.1) is 0 Å². The molecule has 1 saturated heterocycles. The van der Waals surface area contributed by atoms with Crippen molar-refractivity contribution in [1.29, 1.82) is 0 Å². The molecule has 0 bridgehead atoms. The van der Waals surface area contributed by atoms with Gasteiger partial charge >= 0.3 is 11.9 Å². The summed E-state index contributed by atoms with van der Waals surface area (Å²) in [5.74, 6) is -5.80. The van der Waals surface area contributed by atoms with Gasteiger partial charge in [0.1, 0.15) is 0 Å². The van der Waals surface area contributed by atoms with Gasteiger partial charge in [-0.2, -0.15) is 0 Å². The Morgan fingerprint density at radius 2 is 1.71 bits per heavy atom. The van der Waals surface area contributed by atoms with E-state index in [0.29, 0.717) is 0 Å². The third-order valence-electron chi connectivity index (χ3n) is 2.27. The van der Waals surface area contributed by atoms with Gasteiger partial charge in [-0.1, -0.05) is 0 Å². The van der Waals surface area contributed by atoms with E-state index in [1.54, 1.807) is 0 Å². The Labute approximate surface area is 80.5 Å². The minimum Gasteiger partial charge on any atom is -0.481 e. The molecule has 0 unspecified atom stereocenters. The number of rotatable bonds is 3. The minimum atomic E-state index is -3.23. The second-order valence-electron chi connectivity index (χ2n) is 3.32. The summed E-state index contributed by atoms with van der Waals surface area (Å²) in [5, 5.41) is 17.2. The number of carboxylic acids is 2. The fourth-order valence-electron chi connectivity index (χ4n) is 1.60. The first kappa shape index (κ1) is 11.0. The summed E-state index contributed by atoms with van der Waals surface area (Å²) in [4.78, 5) is 21.1. The molecule has 1 fully saturated rings. The molecule has 1 rings (SSSR count). The first-order valence-corrected chi connectivity index (χ1v) is 5.81. The van der Waals surface area contributed by atoms with Crippen LogP contribution in [-0.4, -0.2) is 42.1 Å². The zero-order valence-corrected chi connectivity index (χ0v) is 8.03. The Morgan fingerprint density at radius 1 is 1.21 bits per heavy atom. The third-order valence-corrected chi connectivity index (χ3v) is 4.06. The van der Waals surface area contributed by atoms with Gasteiger partial charge < -0.3 is 10.2 Å². The van der Waals surface area contributed by atoms with Gasteiger partial charge in [0.2, 0.25) is 0 Å². The lowest BCUT2D eigenvalue weighted by Gasteiger charge is -2.12. The van der Waals surface area contributed by atoms with Crippen LogP contribution in [0.2, 0.25) is 0 Å². The number of sulfone groups is 1. The topological polar surface area (TPSA) is 109 Å². The standard InChI is InChI=1S/C7H10O6S/c8-6(9)5(7(10)11)4-1-2-14(12,13)3-4/h4-5H,1-3H2,(H,8,9)(H,10,11)/t4-/m0/s1. The number of hydrogen-bond donors (Lipinski definition) is 2. The van der Waals surface area contributed by atoms with Crippen LogP contribution in [0.4, 0.5) is 0 Å². The molecule has 0 aliphatic carbocycles. The molecule has 14 heavy (non-hydrogen) atoms. The molecule has 1 aliphatic heterocycles. The Morgan fingerprint density at radius 3 is 2.00 bits per heavy atom. The van der Waals surface area contributed by atoms with E-state index in [2.05, 4.69) is 0 Å². The molecule has 0 aromatic heterocycles. The highest BCUT2D eigenvalue weighted by Gasteiger charge is 2.41. The summed E-state index contributed by atoms with van der Waals surface area (Å²) >= 11 is 0. The molecule has 0 radical (unpaired) electrons. The van der Waals surface area contributed by atoms with E-state index in [-0.39, 0.29) is 17.9 Å². The van der Waals surface area contributed by atoms with Gasteiger partial charge in [-0.05, 0) is 12.3 Å². The second kappa shape index (κ2) is 3.56. The highest BCUT2D eigenvalue weighted by atomic mass is 32.2. The summed E-state index contributed by atoms with van der Waals surface area (Å²) in [5.41, 5.74) is 0. The number of carboxylic acid groups (broad SMARTS) is 2. The maximum atomic E-state index is 11.0. The first-order valence-electron chi connectivity index (χ1n) is 3.99. The Hall–Kier alpha value is -1.11. The van der Waals surface area contributed by atoms with E-state index in [1.165, 1.54) is 0 Å². The van der Waals surface area contributed by atoms with Gasteiger partial charge in [-0.3, -0.25) is 9.59 Å². The fraction of sp³-hybridized carbons (Fsp3) is 0.714. The lowest BCUT2D eigenvalue weighted by atomic mass is 9.92. The summed E-state index contributed by atoms with van der Waals surface area (Å²) in [6.45, 7) is 0. The highest BCUT2D eigenvalue weighted by Crippen LogP contribution is 2.26. The Balaban J connectivity index is 2.83. The van der Waals surface area contributed by atoms with Crippen molar-refractivity contribution < 1.29 is 28.2 Å². The molecular weight excluding hydrogens is 212 g/mol. The summed E-state index contributed by atoms with van der Waals surface area (Å²) in [6.07, 6.45) is 0.117. The Kier molecular flexibility index (Phi) is 2.79. The molecule has 1 aliphatic rings. The van der Waals surface area contributed by atoms with Crippen LogP contribution in [0.25, 0.3) is 0 Å². The van der Waals surface area contributed by atoms with Gasteiger partial charge in [0.05, 0.1) is 11.5 Å². The van der Waals surface area contributed by atoms with Crippen LogP contribution in [0.5, 0.6) is 0 Å². The van der Waals surface area contributed by atoms with Gasteiger partial charge in [-0.25, -0.2) is 8.42 Å². The maximum absolute atomic E-state index is 11.0. The normalized spacial score (nSPS) is 25.1. The predicted octanol–water partition coefficient (Wildman–Crippen LogP) is -0.793. The molecule has 2 N–H and O–H groups in total. The van der Waals surface area contributed by atoms with Crippen LogP contribution >= 0.6 is 0 Å². The summed E-state index contributed by atoms with van der Waals surface area (Å²) in [6, 6.07) is 0. The number of hydrogen-bond acceptors (Lipinski definition) is 4. The monoisotopic (exact) mass is 222 g/mol. The van der Waals surface area contributed by atoms with E-state index < -0.39 is 33.6 Å². The van der Waals surface area contributed by atoms with Crippen molar-refractivity contribution in [2.45, 2.75) is 6.42 Å². The van der Waals surface area contributed by atoms with Crippen molar-refractivity contribution in [3.05, 3.63) is 0 Å². The molecule has 0 saturated carbocycles. The van der Waals surface area contributed by atoms with Crippen molar-refractivity contribution in [3.63, 3.8) is 0 Å². The van der Waals surface area contributed by atoms with E-state index in [0.717, 1.165) is 0 Å². The molecule has 1 atom stereocenters. The fourth-order valence-corrected chi connectivity index (χ4v) is 3.44. The molecule has 0 spiro atoms. The van der Waals surface area contributed by atoms with Crippen molar-refractivity contribution >= 4 is 21.8 Å². The van der Waals surface area contributed by atoms with Crippen molar-refractivity contribution in [2.24, 2.45) is 11.8 Å². The molecular formula is C7H10O6S. The first-order chi connectivity index (χ1) is 6.33. The van der Waals surface area contributed by atoms with E-state index >= 15 is 0 Å². The maximum Gasteiger partial charge on any atom is 0.318 e. The van der Waals surface area contributed by atoms with Crippen LogP contribution in [0.3, 0.4) is 0 Å². The average molecular weight is 222 g/mol. The quantitative estimate of drug-likeness (QED) is 0.605. The van der Waals surface area contributed by atoms with E-state index in [9.17, 15) is 18.0 Å². The zero-order valence-electron chi connectivity index (χ0n) is 7.21. The van der Waals surface area contributed by atoms with Crippen LogP contribution in [-0.2, 0) is 19.4 Å². The summed E-state index contributed by atoms with van der Waals surface area (Å²) in [7, 11) is -3.23. The molecule has 0 aromatic rings. The second-order valence-corrected chi connectivity index (χ2v) is 5.55. The van der Waals surface area contributed by atoms with Crippen molar-refractivity contribution in [3.8, 4) is 0 Å². The smallest absolute Gasteiger partial charge is 0.318 e. The molecule has 6 nitrogen and oxygen atoms in total. The van der Waals surface area contributed by atoms with Crippen LogP contribution in [0.1, 0.15) is 6.42 Å². The molecule has 1 heterocycles. The highest BCUT2D eigenvalue weighted by molar-refractivity contribution is 7.91. The molecule has 80 valence electrons. The molecule has 0 aromatic carbocycles. The average Bonchev–Trinajstić information content (AvgIpc) is 2.28. The van der Waals surface area contributed by atoms with Crippen molar-refractivity contribution in [1.82, 2.24) is 0 Å². The molecule has 7 heteroatoms. The SMILES string of the molecule is O=C(O)C(C(=O)O)[C@H]1CCS(=O)(=O)C1. The zero-order chi connectivity index (χ0) is 10.9. The van der Waals surface area contributed by atoms with E-state index in [1.807, 2.05) is 0 Å². The van der Waals surface area contributed by atoms with Crippen molar-refractivity contribution in [2.75, 3.05) is 11.5 Å². The summed E-state index contributed by atoms with van der Waals surface area (Å²) < 4.78 is 22.0. The third kappa shape index (κ3) is 2.22. The van der Waals surface area contributed by atoms with E-state index in [4.69, 9.17) is 10.2 Å². The lowest BCUT2D eigenvalue weighted by molar-refractivity contribution is -0.156. The lowest BCUT2D eigenvalue weighted by Crippen LogP contribution is -2.31. The minimum absolute atomic E-state index is 0.116. The van der Waals surface area contributed by atoms with Crippen LogP contribution in [0.15, 0.2) is 0 Å². The van der Waals surface area contributed by atoms with Gasteiger partial charge in [0.15, 0.2) is 15.8 Å². The number of carbonyl (C=O) groups is 2. The van der Waals surface area contributed by atoms with Crippen LogP contribution in [0, 0.1) is 11.8 Å². The largest absolute Gasteiger partial charge is 0.481 e. The Bertz CT molecular complexity index is 342. The van der Waals surface area contributed by atoms with Crippen LogP contribution < -0.4 is 0 Å². The predicted molar refractivity (Wildman–Crippen MR) is 45.5 cm³/mol. The molecule has 0 amide bonds. The van der Waals surface area contributed by atoms with Gasteiger partial charge in [0.25, 0.3) is 0 Å².